The molecule has 1 aromatic rings. The van der Waals surface area contributed by atoms with E-state index in [1.807, 2.05) is 0 Å². The molecule has 0 heterocycles. The van der Waals surface area contributed by atoms with Crippen molar-refractivity contribution in [3.63, 3.8) is 0 Å². The van der Waals surface area contributed by atoms with Gasteiger partial charge in [-0.1, -0.05) is 19.8 Å². The lowest BCUT2D eigenvalue weighted by Crippen LogP contribution is -2.30. The van der Waals surface area contributed by atoms with Gasteiger partial charge >= 0.3 is 0 Å². The fourth-order valence-electron chi connectivity index (χ4n) is 2.65. The van der Waals surface area contributed by atoms with Gasteiger partial charge in [0.1, 0.15) is 5.82 Å². The molecule has 2 atom stereocenters. The van der Waals surface area contributed by atoms with Crippen molar-refractivity contribution in [3.8, 4) is 0 Å². The molecule has 5 heteroatoms. The molecular formula is C15H21FN2OS. The molecule has 0 saturated heterocycles. The van der Waals surface area contributed by atoms with E-state index in [2.05, 4.69) is 12.3 Å². The summed E-state index contributed by atoms with van der Waals surface area (Å²) in [7, 11) is 0. The minimum atomic E-state index is -0.387. The number of rotatable bonds is 4. The van der Waals surface area contributed by atoms with Crippen LogP contribution in [0.15, 0.2) is 18.2 Å². The maximum absolute atomic E-state index is 13.8. The van der Waals surface area contributed by atoms with Crippen LogP contribution < -0.4 is 11.3 Å². The molecule has 0 aliphatic heterocycles. The second kappa shape index (κ2) is 7.09. The molecule has 1 fully saturated rings. The first-order valence-corrected chi connectivity index (χ1v) is 8.06. The fourth-order valence-corrected chi connectivity index (χ4v) is 4.08. The second-order valence-electron chi connectivity index (χ2n) is 5.48. The Labute approximate surface area is 123 Å². The average molecular weight is 296 g/mol. The molecule has 0 aromatic heterocycles. The van der Waals surface area contributed by atoms with Crippen molar-refractivity contribution in [2.75, 3.05) is 0 Å². The van der Waals surface area contributed by atoms with Gasteiger partial charge < -0.3 is 0 Å². The molecule has 1 aromatic carbocycles. The van der Waals surface area contributed by atoms with E-state index in [-0.39, 0.29) is 11.7 Å². The summed E-state index contributed by atoms with van der Waals surface area (Å²) in [5.74, 6) is 5.83. The van der Waals surface area contributed by atoms with Crippen LogP contribution in [0.3, 0.4) is 0 Å². The maximum atomic E-state index is 13.8. The summed E-state index contributed by atoms with van der Waals surface area (Å²) < 4.78 is 13.8. The van der Waals surface area contributed by atoms with Crippen LogP contribution in [0, 0.1) is 11.7 Å². The van der Waals surface area contributed by atoms with E-state index in [1.165, 1.54) is 37.8 Å². The van der Waals surface area contributed by atoms with Gasteiger partial charge in [-0.2, -0.15) is 11.8 Å². The van der Waals surface area contributed by atoms with Crippen LogP contribution in [0.25, 0.3) is 0 Å². The van der Waals surface area contributed by atoms with Crippen LogP contribution in [0.1, 0.15) is 48.5 Å². The number of carbonyl (C=O) groups excluding carboxylic acids is 1. The SMILES string of the molecule is CC1CCCC(SCc2cc(C(=O)NN)ccc2F)C1. The first-order chi connectivity index (χ1) is 9.60. The Balaban J connectivity index is 1.99. The third kappa shape index (κ3) is 3.96. The summed E-state index contributed by atoms with van der Waals surface area (Å²) in [5, 5.41) is 0.602. The van der Waals surface area contributed by atoms with Crippen molar-refractivity contribution < 1.29 is 9.18 Å². The molecule has 2 rings (SSSR count). The molecule has 1 amide bonds. The number of benzene rings is 1. The second-order valence-corrected chi connectivity index (χ2v) is 6.77. The Morgan fingerprint density at radius 1 is 1.50 bits per heavy atom. The monoisotopic (exact) mass is 296 g/mol. The molecule has 0 radical (unpaired) electrons. The van der Waals surface area contributed by atoms with Crippen LogP contribution in [0.2, 0.25) is 0 Å². The Hall–Kier alpha value is -1.07. The van der Waals surface area contributed by atoms with Gasteiger partial charge in [-0.25, -0.2) is 10.2 Å². The number of hydrogen-bond acceptors (Lipinski definition) is 3. The van der Waals surface area contributed by atoms with Crippen molar-refractivity contribution in [1.29, 1.82) is 0 Å². The maximum Gasteiger partial charge on any atom is 0.265 e. The van der Waals surface area contributed by atoms with Crippen molar-refractivity contribution in [2.45, 2.75) is 43.6 Å². The minimum Gasteiger partial charge on any atom is -0.290 e. The number of nitrogen functional groups attached to an aromatic ring is 1. The molecule has 1 aliphatic rings. The summed E-state index contributed by atoms with van der Waals surface area (Å²) in [6.07, 6.45) is 4.98. The molecule has 1 aliphatic carbocycles. The molecule has 2 unspecified atom stereocenters. The Bertz CT molecular complexity index is 481. The Morgan fingerprint density at radius 3 is 3.00 bits per heavy atom. The molecule has 20 heavy (non-hydrogen) atoms. The smallest absolute Gasteiger partial charge is 0.265 e. The largest absolute Gasteiger partial charge is 0.290 e. The van der Waals surface area contributed by atoms with E-state index < -0.39 is 0 Å². The summed E-state index contributed by atoms with van der Waals surface area (Å²) >= 11 is 1.79. The molecular weight excluding hydrogens is 275 g/mol. The number of hydrogen-bond donors (Lipinski definition) is 2. The van der Waals surface area contributed by atoms with E-state index >= 15 is 0 Å². The number of halogens is 1. The number of carbonyl (C=O) groups is 1. The average Bonchev–Trinajstić information content (AvgIpc) is 2.45. The van der Waals surface area contributed by atoms with Crippen LogP contribution in [-0.4, -0.2) is 11.2 Å². The number of thioether (sulfide) groups is 1. The van der Waals surface area contributed by atoms with E-state index in [4.69, 9.17) is 5.84 Å². The quantitative estimate of drug-likeness (QED) is 0.509. The van der Waals surface area contributed by atoms with Crippen LogP contribution >= 0.6 is 11.8 Å². The highest BCUT2D eigenvalue weighted by molar-refractivity contribution is 7.99. The molecule has 1 saturated carbocycles. The molecule has 3 nitrogen and oxygen atoms in total. The van der Waals surface area contributed by atoms with Gasteiger partial charge in [-0.3, -0.25) is 10.2 Å². The normalized spacial score (nSPS) is 22.6. The standard InChI is InChI=1S/C15H21FN2OS/c1-10-3-2-4-13(7-10)20-9-12-8-11(15(19)18-17)5-6-14(12)16/h5-6,8,10,13H,2-4,7,9,17H2,1H3,(H,18,19). The van der Waals surface area contributed by atoms with Crippen LogP contribution in [0.5, 0.6) is 0 Å². The van der Waals surface area contributed by atoms with Crippen molar-refractivity contribution in [1.82, 2.24) is 5.43 Å². The first-order valence-electron chi connectivity index (χ1n) is 7.01. The summed E-state index contributed by atoms with van der Waals surface area (Å²) in [6, 6.07) is 4.38. The zero-order valence-corrected chi connectivity index (χ0v) is 12.5. The third-order valence-corrected chi connectivity index (χ3v) is 5.18. The van der Waals surface area contributed by atoms with Crippen LogP contribution in [-0.2, 0) is 5.75 Å². The predicted octanol–water partition coefficient (Wildman–Crippen LogP) is 3.24. The van der Waals surface area contributed by atoms with Gasteiger partial charge in [0, 0.05) is 16.6 Å². The number of nitrogens with one attached hydrogen (secondary N) is 1. The first kappa shape index (κ1) is 15.3. The van der Waals surface area contributed by atoms with Gasteiger partial charge in [0.05, 0.1) is 0 Å². The van der Waals surface area contributed by atoms with Gasteiger partial charge in [0.2, 0.25) is 0 Å². The highest BCUT2D eigenvalue weighted by Gasteiger charge is 2.19. The van der Waals surface area contributed by atoms with Crippen molar-refractivity contribution in [2.24, 2.45) is 11.8 Å². The highest BCUT2D eigenvalue weighted by Crippen LogP contribution is 2.34. The zero-order chi connectivity index (χ0) is 14.5. The minimum absolute atomic E-state index is 0.255. The van der Waals surface area contributed by atoms with E-state index in [0.29, 0.717) is 22.1 Å². The fraction of sp³-hybridized carbons (Fsp3) is 0.533. The van der Waals surface area contributed by atoms with Crippen molar-refractivity contribution in [3.05, 3.63) is 35.1 Å². The molecule has 0 bridgehead atoms. The summed E-state index contributed by atoms with van der Waals surface area (Å²) in [5.41, 5.74) is 3.05. The topological polar surface area (TPSA) is 55.1 Å². The lowest BCUT2D eigenvalue weighted by Gasteiger charge is -2.26. The van der Waals surface area contributed by atoms with Gasteiger partial charge in [-0.15, -0.1) is 0 Å². The van der Waals surface area contributed by atoms with E-state index in [0.717, 1.165) is 5.92 Å². The number of nitrogens with two attached hydrogens (primary N) is 1. The Kier molecular flexibility index (Phi) is 5.43. The molecule has 110 valence electrons. The lowest BCUT2D eigenvalue weighted by atomic mass is 9.91. The lowest BCUT2D eigenvalue weighted by molar-refractivity contribution is 0.0953. The molecule has 0 spiro atoms. The van der Waals surface area contributed by atoms with E-state index in [1.54, 1.807) is 17.8 Å². The summed E-state index contributed by atoms with van der Waals surface area (Å²) in [4.78, 5) is 11.5. The third-order valence-electron chi connectivity index (χ3n) is 3.80. The zero-order valence-electron chi connectivity index (χ0n) is 11.7. The number of hydrazine groups is 1. The highest BCUT2D eigenvalue weighted by atomic mass is 32.2. The van der Waals surface area contributed by atoms with Crippen molar-refractivity contribution >= 4 is 17.7 Å². The summed E-state index contributed by atoms with van der Waals surface area (Å²) in [6.45, 7) is 2.28. The van der Waals surface area contributed by atoms with Gasteiger partial charge in [0.15, 0.2) is 0 Å². The number of amides is 1. The van der Waals surface area contributed by atoms with Gasteiger partial charge in [-0.05, 0) is 42.5 Å². The molecule has 3 N–H and O–H groups in total. The van der Waals surface area contributed by atoms with Gasteiger partial charge in [0.25, 0.3) is 5.91 Å². The van der Waals surface area contributed by atoms with Crippen LogP contribution in [0.4, 0.5) is 4.39 Å². The van der Waals surface area contributed by atoms with E-state index in [9.17, 15) is 9.18 Å². The predicted molar refractivity (Wildman–Crippen MR) is 80.8 cm³/mol. The Morgan fingerprint density at radius 2 is 2.30 bits per heavy atom.